The summed E-state index contributed by atoms with van der Waals surface area (Å²) < 4.78 is 56.6. The number of halogens is 5. The first-order valence-electron chi connectivity index (χ1n) is 15.5. The molecule has 8 nitrogen and oxygen atoms in total. The third kappa shape index (κ3) is 6.64. The minimum absolute atomic E-state index is 0.00788. The molecule has 0 bridgehead atoms. The molecule has 0 saturated carbocycles. The van der Waals surface area contributed by atoms with Crippen molar-refractivity contribution >= 4 is 35.0 Å². The zero-order chi connectivity index (χ0) is 35.0. The van der Waals surface area contributed by atoms with Crippen LogP contribution in [-0.2, 0) is 16.4 Å². The van der Waals surface area contributed by atoms with Crippen molar-refractivity contribution in [2.24, 2.45) is 11.7 Å². The summed E-state index contributed by atoms with van der Waals surface area (Å²) in [5.74, 6) is -0.0584. The maximum absolute atomic E-state index is 13.6. The number of rotatable bonds is 9. The Morgan fingerprint density at radius 2 is 1.56 bits per heavy atom. The Bertz CT molecular complexity index is 1650. The lowest BCUT2D eigenvalue weighted by Gasteiger charge is -2.49. The molecule has 2 amide bonds. The fourth-order valence-electron chi connectivity index (χ4n) is 7.25. The van der Waals surface area contributed by atoms with Gasteiger partial charge in [-0.25, -0.2) is 0 Å². The van der Waals surface area contributed by atoms with E-state index in [1.807, 2.05) is 0 Å². The van der Waals surface area contributed by atoms with E-state index < -0.39 is 29.0 Å². The van der Waals surface area contributed by atoms with Gasteiger partial charge in [0.1, 0.15) is 0 Å². The molecule has 3 aromatic rings. The molecule has 2 aliphatic rings. The van der Waals surface area contributed by atoms with Gasteiger partial charge in [0.25, 0.3) is 5.91 Å². The van der Waals surface area contributed by atoms with Crippen molar-refractivity contribution in [1.82, 2.24) is 9.80 Å². The van der Waals surface area contributed by atoms with Gasteiger partial charge in [-0.1, -0.05) is 41.4 Å². The van der Waals surface area contributed by atoms with Crippen molar-refractivity contribution in [3.05, 3.63) is 86.9 Å². The number of likely N-dealkylation sites (tertiary alicyclic amines) is 2. The van der Waals surface area contributed by atoms with Gasteiger partial charge in [0.2, 0.25) is 11.7 Å². The minimum atomic E-state index is -4.53. The Morgan fingerprint density at radius 1 is 0.917 bits per heavy atom. The molecular formula is C35H38Cl2F3N3O5. The highest BCUT2D eigenvalue weighted by Crippen LogP contribution is 2.48. The average molecular weight is 709 g/mol. The van der Waals surface area contributed by atoms with Gasteiger partial charge in [0, 0.05) is 37.2 Å². The second kappa shape index (κ2) is 14.1. The largest absolute Gasteiger partial charge is 0.493 e. The van der Waals surface area contributed by atoms with Crippen LogP contribution in [0.1, 0.15) is 52.7 Å². The number of alkyl halides is 3. The van der Waals surface area contributed by atoms with Crippen LogP contribution in [0.3, 0.4) is 0 Å². The van der Waals surface area contributed by atoms with E-state index in [0.717, 1.165) is 18.6 Å². The summed E-state index contributed by atoms with van der Waals surface area (Å²) in [5.41, 5.74) is 5.57. The van der Waals surface area contributed by atoms with E-state index in [4.69, 9.17) is 43.1 Å². The first-order chi connectivity index (χ1) is 22.7. The molecule has 3 aromatic carbocycles. The highest BCUT2D eigenvalue weighted by Gasteiger charge is 2.51. The van der Waals surface area contributed by atoms with Gasteiger partial charge in [-0.3, -0.25) is 14.5 Å². The van der Waals surface area contributed by atoms with Gasteiger partial charge in [0.15, 0.2) is 11.5 Å². The summed E-state index contributed by atoms with van der Waals surface area (Å²) in [6.07, 6.45) is -3.50. The Balaban J connectivity index is 1.42. The molecule has 4 atom stereocenters. The number of hydrogen-bond donors (Lipinski definition) is 1. The number of benzene rings is 3. The maximum atomic E-state index is 13.6. The summed E-state index contributed by atoms with van der Waals surface area (Å²) in [5, 5.41) is 0.630. The SMILES string of the molecule is COc1cc(C(=O)N2CCC(C(C)N3CCC(C(N)=O)(c4ccc(C(F)(F)F)cc4)C(c4ccc(Cl)c(Cl)c4)C3)C2)cc(OC)c1OC. The Kier molecular flexibility index (Phi) is 10.4. The number of amides is 2. The molecule has 2 N–H and O–H groups in total. The van der Waals surface area contributed by atoms with Crippen LogP contribution in [0.2, 0.25) is 10.0 Å². The van der Waals surface area contributed by atoms with E-state index in [1.54, 1.807) is 35.2 Å². The molecule has 2 heterocycles. The van der Waals surface area contributed by atoms with Gasteiger partial charge < -0.3 is 24.8 Å². The fourth-order valence-corrected chi connectivity index (χ4v) is 7.56. The van der Waals surface area contributed by atoms with E-state index in [-0.39, 0.29) is 24.3 Å². The van der Waals surface area contributed by atoms with Gasteiger partial charge in [-0.15, -0.1) is 0 Å². The van der Waals surface area contributed by atoms with Crippen LogP contribution in [0.4, 0.5) is 13.2 Å². The van der Waals surface area contributed by atoms with Crippen molar-refractivity contribution in [2.75, 3.05) is 47.5 Å². The molecule has 0 spiro atoms. The fraction of sp³-hybridized carbons (Fsp3) is 0.429. The molecule has 0 aromatic heterocycles. The summed E-state index contributed by atoms with van der Waals surface area (Å²) in [6.45, 7) is 3.98. The molecular weight excluding hydrogens is 670 g/mol. The third-order valence-electron chi connectivity index (χ3n) is 10.0. The second-order valence-corrected chi connectivity index (χ2v) is 13.2. The number of nitrogens with two attached hydrogens (primary N) is 1. The first kappa shape index (κ1) is 35.6. The third-order valence-corrected chi connectivity index (χ3v) is 10.7. The zero-order valence-corrected chi connectivity index (χ0v) is 28.6. The molecule has 48 heavy (non-hydrogen) atoms. The average Bonchev–Trinajstić information content (AvgIpc) is 3.58. The van der Waals surface area contributed by atoms with Crippen molar-refractivity contribution in [3.8, 4) is 17.2 Å². The molecule has 5 rings (SSSR count). The van der Waals surface area contributed by atoms with Crippen molar-refractivity contribution < 1.29 is 37.0 Å². The Labute approximate surface area is 287 Å². The zero-order valence-electron chi connectivity index (χ0n) is 27.1. The molecule has 0 radical (unpaired) electrons. The lowest BCUT2D eigenvalue weighted by molar-refractivity contribution is -0.137. The normalized spacial score (nSPS) is 22.3. The lowest BCUT2D eigenvalue weighted by Crippen LogP contribution is -2.57. The van der Waals surface area contributed by atoms with Crippen LogP contribution < -0.4 is 19.9 Å². The van der Waals surface area contributed by atoms with Crippen LogP contribution >= 0.6 is 23.2 Å². The van der Waals surface area contributed by atoms with Crippen LogP contribution in [0.25, 0.3) is 0 Å². The molecule has 13 heteroatoms. The van der Waals surface area contributed by atoms with Crippen molar-refractivity contribution in [2.45, 2.75) is 43.3 Å². The predicted molar refractivity (Wildman–Crippen MR) is 177 cm³/mol. The molecule has 2 aliphatic heterocycles. The first-order valence-corrected chi connectivity index (χ1v) is 16.3. The van der Waals surface area contributed by atoms with E-state index >= 15 is 0 Å². The van der Waals surface area contributed by atoms with Crippen LogP contribution in [0.15, 0.2) is 54.6 Å². The molecule has 2 saturated heterocycles. The van der Waals surface area contributed by atoms with Gasteiger partial charge in [0.05, 0.1) is 42.4 Å². The van der Waals surface area contributed by atoms with E-state index in [2.05, 4.69) is 11.8 Å². The van der Waals surface area contributed by atoms with E-state index in [0.29, 0.717) is 70.2 Å². The van der Waals surface area contributed by atoms with Crippen molar-refractivity contribution in [3.63, 3.8) is 0 Å². The number of carbonyl (C=O) groups excluding carboxylic acids is 2. The summed E-state index contributed by atoms with van der Waals surface area (Å²) >= 11 is 12.7. The molecule has 0 aliphatic carbocycles. The lowest BCUT2D eigenvalue weighted by atomic mass is 9.62. The smallest absolute Gasteiger partial charge is 0.416 e. The number of carbonyl (C=O) groups is 2. The number of piperidine rings is 1. The van der Waals surface area contributed by atoms with Crippen molar-refractivity contribution in [1.29, 1.82) is 0 Å². The van der Waals surface area contributed by atoms with Crippen LogP contribution in [0, 0.1) is 5.92 Å². The van der Waals surface area contributed by atoms with Gasteiger partial charge >= 0.3 is 6.18 Å². The monoisotopic (exact) mass is 707 g/mol. The van der Waals surface area contributed by atoms with E-state index in [1.165, 1.54) is 33.5 Å². The van der Waals surface area contributed by atoms with Crippen LogP contribution in [0.5, 0.6) is 17.2 Å². The quantitative estimate of drug-likeness (QED) is 0.263. The topological polar surface area (TPSA) is 94.3 Å². The summed E-state index contributed by atoms with van der Waals surface area (Å²) in [7, 11) is 4.49. The Morgan fingerprint density at radius 3 is 2.10 bits per heavy atom. The standard InChI is InChI=1S/C35H38Cl2F3N3O5/c1-20(22-11-13-43(18-22)32(44)23-16-29(46-2)31(48-4)30(17-23)47-3)42-14-12-34(33(41)45,24-6-8-25(9-7-24)35(38,39)40)26(19-42)21-5-10-27(36)28(37)15-21/h5-10,15-17,20,22,26H,11-14,18-19H2,1-4H3,(H2,41,45). The number of ether oxygens (including phenoxy) is 3. The van der Waals surface area contributed by atoms with Gasteiger partial charge in [-0.05, 0) is 79.8 Å². The minimum Gasteiger partial charge on any atom is -0.493 e. The molecule has 2 fully saturated rings. The van der Waals surface area contributed by atoms with Crippen LogP contribution in [-0.4, -0.2) is 75.2 Å². The molecule has 4 unspecified atom stereocenters. The second-order valence-electron chi connectivity index (χ2n) is 12.3. The number of primary amides is 1. The number of hydrogen-bond acceptors (Lipinski definition) is 6. The highest BCUT2D eigenvalue weighted by molar-refractivity contribution is 6.42. The summed E-state index contributed by atoms with van der Waals surface area (Å²) in [6, 6.07) is 13.0. The highest BCUT2D eigenvalue weighted by atomic mass is 35.5. The summed E-state index contributed by atoms with van der Waals surface area (Å²) in [4.78, 5) is 31.2. The van der Waals surface area contributed by atoms with Gasteiger partial charge in [-0.2, -0.15) is 13.2 Å². The molecule has 258 valence electrons. The maximum Gasteiger partial charge on any atom is 0.416 e. The number of methoxy groups -OCH3 is 3. The van der Waals surface area contributed by atoms with E-state index in [9.17, 15) is 22.8 Å². The number of nitrogens with zero attached hydrogens (tertiary/aromatic N) is 2. The predicted octanol–water partition coefficient (Wildman–Crippen LogP) is 6.80. The Hall–Kier alpha value is -3.67.